The molecule has 0 aliphatic rings. The zero-order valence-electron chi connectivity index (χ0n) is 14.3. The van der Waals surface area contributed by atoms with Crippen molar-refractivity contribution in [3.8, 4) is 17.0 Å². The monoisotopic (exact) mass is 357 g/mol. The van der Waals surface area contributed by atoms with E-state index in [-0.39, 0.29) is 12.1 Å². The van der Waals surface area contributed by atoms with Crippen LogP contribution < -0.4 is 10.1 Å². The molecular weight excluding hydrogens is 340 g/mol. The third kappa shape index (κ3) is 3.72. The summed E-state index contributed by atoms with van der Waals surface area (Å²) in [5.74, 6) is -1.08. The van der Waals surface area contributed by atoms with Gasteiger partial charge in [0.25, 0.3) is 5.91 Å². The van der Waals surface area contributed by atoms with E-state index in [0.29, 0.717) is 17.1 Å². The van der Waals surface area contributed by atoms with Gasteiger partial charge in [0, 0.05) is 30.8 Å². The maximum Gasteiger partial charge on any atom is 0.269 e. The van der Waals surface area contributed by atoms with Crippen molar-refractivity contribution in [2.24, 2.45) is 7.05 Å². The summed E-state index contributed by atoms with van der Waals surface area (Å²) in [4.78, 5) is 12.4. The van der Waals surface area contributed by atoms with Crippen molar-refractivity contribution in [2.75, 3.05) is 7.11 Å². The van der Waals surface area contributed by atoms with Crippen LogP contribution in [-0.4, -0.2) is 22.8 Å². The lowest BCUT2D eigenvalue weighted by Gasteiger charge is -2.06. The van der Waals surface area contributed by atoms with Crippen molar-refractivity contribution >= 4 is 5.91 Å². The fourth-order valence-electron chi connectivity index (χ4n) is 2.53. The van der Waals surface area contributed by atoms with Crippen molar-refractivity contribution in [1.29, 1.82) is 0 Å². The van der Waals surface area contributed by atoms with Crippen molar-refractivity contribution in [3.05, 3.63) is 71.4 Å². The molecule has 0 unspecified atom stereocenters. The van der Waals surface area contributed by atoms with Crippen LogP contribution in [0, 0.1) is 11.6 Å². The molecule has 134 valence electrons. The number of carbonyl (C=O) groups excluding carboxylic acids is 1. The van der Waals surface area contributed by atoms with Crippen LogP contribution in [-0.2, 0) is 13.6 Å². The normalized spacial score (nSPS) is 10.6. The maximum atomic E-state index is 13.7. The molecule has 0 fully saturated rings. The van der Waals surface area contributed by atoms with Gasteiger partial charge in [-0.05, 0) is 24.3 Å². The Morgan fingerprint density at radius 2 is 2.00 bits per heavy atom. The molecule has 0 aliphatic carbocycles. The van der Waals surface area contributed by atoms with Gasteiger partial charge in [0.15, 0.2) is 0 Å². The van der Waals surface area contributed by atoms with Gasteiger partial charge in [-0.3, -0.25) is 9.48 Å². The average Bonchev–Trinajstić information content (AvgIpc) is 3.02. The van der Waals surface area contributed by atoms with Gasteiger partial charge in [-0.15, -0.1) is 0 Å². The van der Waals surface area contributed by atoms with E-state index in [9.17, 15) is 13.6 Å². The molecule has 1 amide bonds. The second kappa shape index (κ2) is 7.35. The summed E-state index contributed by atoms with van der Waals surface area (Å²) < 4.78 is 33.2. The molecule has 0 radical (unpaired) electrons. The maximum absolute atomic E-state index is 13.7. The fraction of sp³-hybridized carbons (Fsp3) is 0.158. The highest BCUT2D eigenvalue weighted by Crippen LogP contribution is 2.23. The molecule has 0 aliphatic heterocycles. The highest BCUT2D eigenvalue weighted by atomic mass is 19.1. The minimum atomic E-state index is -0.702. The van der Waals surface area contributed by atoms with E-state index in [1.165, 1.54) is 10.7 Å². The van der Waals surface area contributed by atoms with Crippen LogP contribution in [0.2, 0.25) is 0 Å². The van der Waals surface area contributed by atoms with Crippen LogP contribution >= 0.6 is 0 Å². The third-order valence-corrected chi connectivity index (χ3v) is 3.93. The van der Waals surface area contributed by atoms with Crippen LogP contribution in [0.1, 0.15) is 16.1 Å². The number of hydrogen-bond acceptors (Lipinski definition) is 3. The minimum Gasteiger partial charge on any atom is -0.497 e. The molecule has 26 heavy (non-hydrogen) atoms. The first-order valence-corrected chi connectivity index (χ1v) is 7.88. The third-order valence-electron chi connectivity index (χ3n) is 3.93. The number of rotatable bonds is 5. The lowest BCUT2D eigenvalue weighted by atomic mass is 10.1. The quantitative estimate of drug-likeness (QED) is 0.762. The molecule has 0 saturated heterocycles. The second-order valence-corrected chi connectivity index (χ2v) is 5.69. The van der Waals surface area contributed by atoms with E-state index in [4.69, 9.17) is 4.74 Å². The molecule has 1 N–H and O–H groups in total. The molecule has 3 rings (SSSR count). The lowest BCUT2D eigenvalue weighted by Crippen LogP contribution is -2.25. The van der Waals surface area contributed by atoms with Crippen molar-refractivity contribution in [3.63, 3.8) is 0 Å². The highest BCUT2D eigenvalue weighted by Gasteiger charge is 2.15. The number of benzene rings is 2. The summed E-state index contributed by atoms with van der Waals surface area (Å²) in [6, 6.07) is 12.2. The van der Waals surface area contributed by atoms with Gasteiger partial charge < -0.3 is 10.1 Å². The van der Waals surface area contributed by atoms with Gasteiger partial charge >= 0.3 is 0 Å². The summed E-state index contributed by atoms with van der Waals surface area (Å²) in [5.41, 5.74) is 1.95. The standard InChI is InChI=1S/C19H17F2N3O2/c1-24-18(10-17(23-24)12-4-3-5-15(8-12)26-2)19(25)22-11-13-6-7-14(20)9-16(13)21/h3-10H,11H2,1-2H3,(H,22,25). The lowest BCUT2D eigenvalue weighted by molar-refractivity contribution is 0.0941. The second-order valence-electron chi connectivity index (χ2n) is 5.69. The zero-order valence-corrected chi connectivity index (χ0v) is 14.3. The van der Waals surface area contributed by atoms with E-state index in [1.54, 1.807) is 20.2 Å². The predicted molar refractivity (Wildman–Crippen MR) is 92.7 cm³/mol. The predicted octanol–water partition coefficient (Wildman–Crippen LogP) is 3.30. The molecule has 7 heteroatoms. The average molecular weight is 357 g/mol. The number of amides is 1. The van der Waals surface area contributed by atoms with E-state index in [0.717, 1.165) is 17.7 Å². The number of halogens is 2. The van der Waals surface area contributed by atoms with Crippen molar-refractivity contribution < 1.29 is 18.3 Å². The van der Waals surface area contributed by atoms with Crippen molar-refractivity contribution in [2.45, 2.75) is 6.54 Å². The topological polar surface area (TPSA) is 56.1 Å². The van der Waals surface area contributed by atoms with Crippen LogP contribution in [0.15, 0.2) is 48.5 Å². The summed E-state index contributed by atoms with van der Waals surface area (Å²) in [7, 11) is 3.22. The molecule has 0 spiro atoms. The SMILES string of the molecule is COc1cccc(-c2cc(C(=O)NCc3ccc(F)cc3F)n(C)n2)c1. The Hall–Kier alpha value is -3.22. The molecular formula is C19H17F2N3O2. The highest BCUT2D eigenvalue weighted by molar-refractivity contribution is 5.93. The molecule has 5 nitrogen and oxygen atoms in total. The van der Waals surface area contributed by atoms with Gasteiger partial charge in [-0.25, -0.2) is 8.78 Å². The number of ether oxygens (including phenoxy) is 1. The molecule has 3 aromatic rings. The Bertz CT molecular complexity index is 954. The molecule has 2 aromatic carbocycles. The van der Waals surface area contributed by atoms with Crippen molar-refractivity contribution in [1.82, 2.24) is 15.1 Å². The van der Waals surface area contributed by atoms with Gasteiger partial charge in [0.1, 0.15) is 23.1 Å². The number of hydrogen-bond donors (Lipinski definition) is 1. The van der Waals surface area contributed by atoms with Crippen LogP contribution in [0.3, 0.4) is 0 Å². The number of nitrogens with zero attached hydrogens (tertiary/aromatic N) is 2. The summed E-state index contributed by atoms with van der Waals surface area (Å²) in [6.07, 6.45) is 0. The summed E-state index contributed by atoms with van der Waals surface area (Å²) >= 11 is 0. The van der Waals surface area contributed by atoms with E-state index in [1.807, 2.05) is 24.3 Å². The Morgan fingerprint density at radius 1 is 1.19 bits per heavy atom. The number of methoxy groups -OCH3 is 1. The first kappa shape index (κ1) is 17.6. The number of carbonyl (C=O) groups is 1. The number of nitrogens with one attached hydrogen (secondary N) is 1. The molecule has 1 aromatic heterocycles. The minimum absolute atomic E-state index is 0.0510. The van der Waals surface area contributed by atoms with Crippen LogP contribution in [0.25, 0.3) is 11.3 Å². The fourth-order valence-corrected chi connectivity index (χ4v) is 2.53. The zero-order chi connectivity index (χ0) is 18.7. The number of aromatic nitrogens is 2. The van der Waals surface area contributed by atoms with Gasteiger partial charge in [0.05, 0.1) is 12.8 Å². The largest absolute Gasteiger partial charge is 0.497 e. The first-order chi connectivity index (χ1) is 12.5. The molecule has 0 bridgehead atoms. The van der Waals surface area contributed by atoms with E-state index in [2.05, 4.69) is 10.4 Å². The first-order valence-electron chi connectivity index (χ1n) is 7.88. The van der Waals surface area contributed by atoms with Gasteiger partial charge in [0.2, 0.25) is 0 Å². The van der Waals surface area contributed by atoms with E-state index < -0.39 is 17.5 Å². The Balaban J connectivity index is 1.76. The summed E-state index contributed by atoms with van der Waals surface area (Å²) in [5, 5.41) is 6.95. The van der Waals surface area contributed by atoms with Gasteiger partial charge in [-0.2, -0.15) is 5.10 Å². The van der Waals surface area contributed by atoms with Crippen LogP contribution in [0.4, 0.5) is 8.78 Å². The molecule has 1 heterocycles. The Morgan fingerprint density at radius 3 is 2.73 bits per heavy atom. The number of aryl methyl sites for hydroxylation is 1. The Kier molecular flexibility index (Phi) is 4.97. The van der Waals surface area contributed by atoms with Crippen LogP contribution in [0.5, 0.6) is 5.75 Å². The van der Waals surface area contributed by atoms with Gasteiger partial charge in [-0.1, -0.05) is 18.2 Å². The summed E-state index contributed by atoms with van der Waals surface area (Å²) in [6.45, 7) is -0.0510. The Labute approximate surface area is 149 Å². The smallest absolute Gasteiger partial charge is 0.269 e. The van der Waals surface area contributed by atoms with E-state index >= 15 is 0 Å². The molecule has 0 atom stereocenters. The molecule has 0 saturated carbocycles.